The van der Waals surface area contributed by atoms with Gasteiger partial charge in [-0.1, -0.05) is 0 Å². The Balaban J connectivity index is 1.81. The third-order valence-corrected chi connectivity index (χ3v) is 5.98. The van der Waals surface area contributed by atoms with E-state index in [-0.39, 0.29) is 17.6 Å². The molecule has 2 aromatic rings. The third kappa shape index (κ3) is 4.69. The van der Waals surface area contributed by atoms with Crippen LogP contribution < -0.4 is 10.6 Å². The molecular weight excluding hydrogens is 401 g/mol. The monoisotopic (exact) mass is 429 g/mol. The lowest BCUT2D eigenvalue weighted by Crippen LogP contribution is -2.43. The minimum atomic E-state index is -0.746. The smallest absolute Gasteiger partial charge is 0.294 e. The van der Waals surface area contributed by atoms with Crippen LogP contribution in [0.4, 0.5) is 10.1 Å². The molecule has 7 nitrogen and oxygen atoms in total. The van der Waals surface area contributed by atoms with Crippen molar-refractivity contribution >= 4 is 23.3 Å². The van der Waals surface area contributed by atoms with E-state index in [0.29, 0.717) is 47.3 Å². The number of rotatable bonds is 5. The minimum Gasteiger partial charge on any atom is -0.393 e. The lowest BCUT2D eigenvalue weighted by molar-refractivity contribution is -0.118. The Morgan fingerprint density at radius 3 is 2.52 bits per heavy atom. The molecule has 31 heavy (non-hydrogen) atoms. The second kappa shape index (κ2) is 9.01. The van der Waals surface area contributed by atoms with E-state index in [1.807, 2.05) is 0 Å². The van der Waals surface area contributed by atoms with E-state index in [1.54, 1.807) is 27.8 Å². The van der Waals surface area contributed by atoms with Crippen molar-refractivity contribution in [3.05, 3.63) is 52.1 Å². The average molecular weight is 429 g/mol. The largest absolute Gasteiger partial charge is 0.393 e. The van der Waals surface area contributed by atoms with E-state index in [4.69, 9.17) is 0 Å². The number of hydrogen-bond acceptors (Lipinski definition) is 4. The van der Waals surface area contributed by atoms with Gasteiger partial charge >= 0.3 is 0 Å². The average Bonchev–Trinajstić information content (AvgIpc) is 2.92. The molecule has 0 saturated heterocycles. The number of anilines is 1. The van der Waals surface area contributed by atoms with Gasteiger partial charge in [-0.2, -0.15) is 0 Å². The predicted octanol–water partition coefficient (Wildman–Crippen LogP) is 2.94. The van der Waals surface area contributed by atoms with Crippen LogP contribution in [0.25, 0.3) is 0 Å². The van der Waals surface area contributed by atoms with Gasteiger partial charge in [-0.3, -0.25) is 14.4 Å². The van der Waals surface area contributed by atoms with E-state index in [1.165, 1.54) is 22.8 Å². The molecule has 1 heterocycles. The van der Waals surface area contributed by atoms with Crippen molar-refractivity contribution in [2.45, 2.75) is 58.6 Å². The van der Waals surface area contributed by atoms with Crippen LogP contribution >= 0.6 is 0 Å². The number of aromatic nitrogens is 1. The summed E-state index contributed by atoms with van der Waals surface area (Å²) in [5.41, 5.74) is 2.23. The molecule has 0 aliphatic heterocycles. The standard InChI is InChI=1S/C23H28FN3O4/c1-12-10-16(8-9-18(12)24)25-22(30)19-13(2)20(27(4)14(19)3)21(29)23(31)26-15-6-5-7-17(28)11-15/h8-10,15,17,28H,5-7,11H2,1-4H3,(H,25,30)(H,26,31)/t15-,17-/m0/s1. The number of carbonyl (C=O) groups excluding carboxylic acids is 3. The van der Waals surface area contributed by atoms with Crippen LogP contribution in [0.1, 0.15) is 63.4 Å². The summed E-state index contributed by atoms with van der Waals surface area (Å²) in [5.74, 6) is -2.27. The van der Waals surface area contributed by atoms with E-state index in [9.17, 15) is 23.9 Å². The summed E-state index contributed by atoms with van der Waals surface area (Å²) in [6, 6.07) is 4.02. The van der Waals surface area contributed by atoms with Crippen LogP contribution in [0.3, 0.4) is 0 Å². The Morgan fingerprint density at radius 1 is 1.16 bits per heavy atom. The number of benzene rings is 1. The first-order chi connectivity index (χ1) is 14.6. The first kappa shape index (κ1) is 22.7. The zero-order valence-corrected chi connectivity index (χ0v) is 18.2. The highest BCUT2D eigenvalue weighted by Gasteiger charge is 2.30. The van der Waals surface area contributed by atoms with Crippen LogP contribution in [0.15, 0.2) is 18.2 Å². The number of nitrogens with one attached hydrogen (secondary N) is 2. The van der Waals surface area contributed by atoms with Crippen molar-refractivity contribution in [1.29, 1.82) is 0 Å². The molecule has 0 radical (unpaired) electrons. The van der Waals surface area contributed by atoms with Gasteiger partial charge < -0.3 is 20.3 Å². The Morgan fingerprint density at radius 2 is 1.87 bits per heavy atom. The van der Waals surface area contributed by atoms with Gasteiger partial charge in [-0.15, -0.1) is 0 Å². The number of aliphatic hydroxyl groups excluding tert-OH is 1. The van der Waals surface area contributed by atoms with Gasteiger partial charge in [0.25, 0.3) is 17.6 Å². The van der Waals surface area contributed by atoms with E-state index >= 15 is 0 Å². The number of Topliss-reactive ketones (excluding diaryl/α,β-unsaturated/α-hetero) is 1. The fourth-order valence-corrected chi connectivity index (χ4v) is 4.20. The summed E-state index contributed by atoms with van der Waals surface area (Å²) in [4.78, 5) is 38.4. The number of amides is 2. The van der Waals surface area contributed by atoms with Crippen LogP contribution in [0, 0.1) is 26.6 Å². The number of hydrogen-bond donors (Lipinski definition) is 3. The molecule has 1 saturated carbocycles. The molecule has 1 fully saturated rings. The molecule has 8 heteroatoms. The summed E-state index contributed by atoms with van der Waals surface area (Å²) in [6.07, 6.45) is 2.15. The molecule has 1 aliphatic rings. The molecule has 1 aromatic carbocycles. The second-order valence-electron chi connectivity index (χ2n) is 8.23. The second-order valence-corrected chi connectivity index (χ2v) is 8.23. The van der Waals surface area contributed by atoms with Gasteiger partial charge in [0.15, 0.2) is 0 Å². The predicted molar refractivity (Wildman–Crippen MR) is 115 cm³/mol. The van der Waals surface area contributed by atoms with Crippen molar-refractivity contribution in [2.75, 3.05) is 5.32 Å². The number of aliphatic hydroxyl groups is 1. The van der Waals surface area contributed by atoms with Crippen LogP contribution in [0.2, 0.25) is 0 Å². The molecule has 2 amide bonds. The highest BCUT2D eigenvalue weighted by Crippen LogP contribution is 2.24. The van der Waals surface area contributed by atoms with Crippen molar-refractivity contribution in [3.63, 3.8) is 0 Å². The SMILES string of the molecule is Cc1cc(NC(=O)c2c(C)c(C(=O)C(=O)N[C@H]3CCC[C@H](O)C3)n(C)c2C)ccc1F. The van der Waals surface area contributed by atoms with Crippen LogP contribution in [-0.4, -0.2) is 39.4 Å². The summed E-state index contributed by atoms with van der Waals surface area (Å²) in [5, 5.41) is 15.2. The maximum absolute atomic E-state index is 13.5. The fourth-order valence-electron chi connectivity index (χ4n) is 4.20. The number of carbonyl (C=O) groups is 3. The van der Waals surface area contributed by atoms with Gasteiger partial charge in [0.1, 0.15) is 5.82 Å². The quantitative estimate of drug-likeness (QED) is 0.503. The maximum atomic E-state index is 13.5. The Labute approximate surface area is 180 Å². The lowest BCUT2D eigenvalue weighted by Gasteiger charge is -2.26. The molecule has 3 rings (SSSR count). The van der Waals surface area contributed by atoms with E-state index in [2.05, 4.69) is 10.6 Å². The van der Waals surface area contributed by atoms with Gasteiger partial charge in [0, 0.05) is 24.5 Å². The number of nitrogens with zero attached hydrogens (tertiary/aromatic N) is 1. The van der Waals surface area contributed by atoms with Crippen LogP contribution in [0.5, 0.6) is 0 Å². The van der Waals surface area contributed by atoms with Gasteiger partial charge in [0.2, 0.25) is 0 Å². The van der Waals surface area contributed by atoms with Crippen LogP contribution in [-0.2, 0) is 11.8 Å². The van der Waals surface area contributed by atoms with E-state index < -0.39 is 23.7 Å². The number of halogens is 1. The zero-order valence-electron chi connectivity index (χ0n) is 18.2. The summed E-state index contributed by atoms with van der Waals surface area (Å²) in [6.45, 7) is 4.93. The Hall–Kier alpha value is -3.00. The highest BCUT2D eigenvalue weighted by molar-refractivity contribution is 6.43. The van der Waals surface area contributed by atoms with Gasteiger partial charge in [-0.25, -0.2) is 4.39 Å². The normalized spacial score (nSPS) is 18.5. The van der Waals surface area contributed by atoms with Crippen molar-refractivity contribution in [3.8, 4) is 0 Å². The van der Waals surface area contributed by atoms with E-state index in [0.717, 1.165) is 6.42 Å². The molecule has 2 atom stereocenters. The minimum absolute atomic E-state index is 0.145. The summed E-state index contributed by atoms with van der Waals surface area (Å²) in [7, 11) is 1.63. The molecule has 0 unspecified atom stereocenters. The fraction of sp³-hybridized carbons (Fsp3) is 0.435. The van der Waals surface area contributed by atoms with Gasteiger partial charge in [0.05, 0.1) is 17.4 Å². The first-order valence-corrected chi connectivity index (χ1v) is 10.4. The van der Waals surface area contributed by atoms with Crippen molar-refractivity contribution in [2.24, 2.45) is 7.05 Å². The van der Waals surface area contributed by atoms with Crippen molar-refractivity contribution < 1.29 is 23.9 Å². The zero-order chi connectivity index (χ0) is 22.9. The molecule has 3 N–H and O–H groups in total. The molecule has 0 spiro atoms. The molecule has 1 aromatic heterocycles. The number of ketones is 1. The number of aryl methyl sites for hydroxylation is 1. The summed E-state index contributed by atoms with van der Waals surface area (Å²) < 4.78 is 15.0. The maximum Gasteiger partial charge on any atom is 0.294 e. The Kier molecular flexibility index (Phi) is 6.59. The molecule has 0 bridgehead atoms. The molecule has 1 aliphatic carbocycles. The third-order valence-electron chi connectivity index (χ3n) is 5.98. The lowest BCUT2D eigenvalue weighted by atomic mass is 9.93. The summed E-state index contributed by atoms with van der Waals surface area (Å²) >= 11 is 0. The van der Waals surface area contributed by atoms with Crippen molar-refractivity contribution in [1.82, 2.24) is 9.88 Å². The highest BCUT2D eigenvalue weighted by atomic mass is 19.1. The first-order valence-electron chi connectivity index (χ1n) is 10.4. The molecular formula is C23H28FN3O4. The van der Waals surface area contributed by atoms with Gasteiger partial charge in [-0.05, 0) is 75.8 Å². The molecule has 166 valence electrons. The Bertz CT molecular complexity index is 1040. The topological polar surface area (TPSA) is 100 Å².